The Morgan fingerprint density at radius 2 is 1.79 bits per heavy atom. The van der Waals surface area contributed by atoms with Crippen LogP contribution in [0.3, 0.4) is 0 Å². The summed E-state index contributed by atoms with van der Waals surface area (Å²) in [5.74, 6) is 0.102. The average molecular weight is 344 g/mol. The van der Waals surface area contributed by atoms with Gasteiger partial charge in [0.05, 0.1) is 5.56 Å². The van der Waals surface area contributed by atoms with Gasteiger partial charge in [-0.3, -0.25) is 4.79 Å². The second kappa shape index (κ2) is 8.64. The molecule has 0 saturated heterocycles. The number of hydrogen-bond donors (Lipinski definition) is 1. The molecular weight excluding hydrogens is 322 g/mol. The maximum atomic E-state index is 12.6. The van der Waals surface area contributed by atoms with Crippen LogP contribution in [0, 0.1) is 0 Å². The van der Waals surface area contributed by atoms with Crippen LogP contribution in [0.1, 0.15) is 49.9 Å². The van der Waals surface area contributed by atoms with Crippen LogP contribution in [-0.2, 0) is 0 Å². The number of carbonyl (C=O) groups is 1. The lowest BCUT2D eigenvalue weighted by molar-refractivity contribution is 0.0750. The summed E-state index contributed by atoms with van der Waals surface area (Å²) in [5, 5.41) is 0. The first-order valence-corrected chi connectivity index (χ1v) is 8.12. The van der Waals surface area contributed by atoms with Crippen LogP contribution in [0.25, 0.3) is 0 Å². The van der Waals surface area contributed by atoms with Crippen molar-refractivity contribution in [3.63, 3.8) is 0 Å². The highest BCUT2D eigenvalue weighted by Crippen LogP contribution is 2.22. The van der Waals surface area contributed by atoms with Gasteiger partial charge in [-0.05, 0) is 47.0 Å². The molecule has 106 valence electrons. The fourth-order valence-electron chi connectivity index (χ4n) is 1.86. The zero-order valence-corrected chi connectivity index (χ0v) is 14.1. The predicted molar refractivity (Wildman–Crippen MR) is 87.1 cm³/mol. The maximum Gasteiger partial charge on any atom is 0.255 e. The Hall–Kier alpha value is -0.480. The zero-order valence-electron chi connectivity index (χ0n) is 11.7. The number of amides is 1. The van der Waals surface area contributed by atoms with Gasteiger partial charge in [0.1, 0.15) is 0 Å². The summed E-state index contributed by atoms with van der Waals surface area (Å²) in [5.41, 5.74) is 0.708. The quantitative estimate of drug-likeness (QED) is 0.706. The summed E-state index contributed by atoms with van der Waals surface area (Å²) in [7, 11) is 0. The molecule has 0 N–H and O–H groups in total. The Labute approximate surface area is 130 Å². The molecule has 0 bridgehead atoms. The minimum absolute atomic E-state index is 0.102. The molecule has 1 aromatic carbocycles. The van der Waals surface area contributed by atoms with Gasteiger partial charge in [0.2, 0.25) is 0 Å². The molecule has 2 nitrogen and oxygen atoms in total. The molecule has 0 aromatic heterocycles. The summed E-state index contributed by atoms with van der Waals surface area (Å²) >= 11 is 7.77. The summed E-state index contributed by atoms with van der Waals surface area (Å²) < 4.78 is 0.841. The number of carbonyl (C=O) groups excluding carboxylic acids is 1. The van der Waals surface area contributed by atoms with Crippen molar-refractivity contribution in [1.82, 2.24) is 4.90 Å². The third-order valence-electron chi connectivity index (χ3n) is 3.03. The van der Waals surface area contributed by atoms with Gasteiger partial charge >= 0.3 is 0 Å². The van der Waals surface area contributed by atoms with E-state index in [0.717, 1.165) is 48.1 Å². The predicted octanol–water partition coefficient (Wildman–Crippen LogP) is 4.78. The van der Waals surface area contributed by atoms with Crippen molar-refractivity contribution in [3.05, 3.63) is 28.2 Å². The lowest BCUT2D eigenvalue weighted by atomic mass is 10.1. The molecular formula is C15H22BrNOS. The van der Waals surface area contributed by atoms with Gasteiger partial charge in [-0.15, -0.1) is 12.6 Å². The molecule has 0 spiro atoms. The molecule has 4 heteroatoms. The van der Waals surface area contributed by atoms with Crippen LogP contribution in [0.2, 0.25) is 0 Å². The molecule has 19 heavy (non-hydrogen) atoms. The van der Waals surface area contributed by atoms with E-state index < -0.39 is 0 Å². The highest BCUT2D eigenvalue weighted by atomic mass is 79.9. The first-order valence-electron chi connectivity index (χ1n) is 6.88. The number of thiol groups is 1. The Bertz CT molecular complexity index is 415. The van der Waals surface area contributed by atoms with Crippen molar-refractivity contribution in [2.45, 2.75) is 44.4 Å². The Morgan fingerprint density at radius 3 is 2.32 bits per heavy atom. The van der Waals surface area contributed by atoms with Crippen LogP contribution in [-0.4, -0.2) is 23.9 Å². The van der Waals surface area contributed by atoms with E-state index in [2.05, 4.69) is 42.4 Å². The monoisotopic (exact) mass is 343 g/mol. The van der Waals surface area contributed by atoms with E-state index in [1.165, 1.54) is 0 Å². The number of rotatable bonds is 7. The van der Waals surface area contributed by atoms with E-state index in [4.69, 9.17) is 0 Å². The fraction of sp³-hybridized carbons (Fsp3) is 0.533. The van der Waals surface area contributed by atoms with Gasteiger partial charge in [0.15, 0.2) is 0 Å². The van der Waals surface area contributed by atoms with Gasteiger partial charge < -0.3 is 4.90 Å². The zero-order chi connectivity index (χ0) is 14.3. The summed E-state index contributed by atoms with van der Waals surface area (Å²) in [4.78, 5) is 15.4. The average Bonchev–Trinajstić information content (AvgIpc) is 2.41. The molecule has 0 aliphatic carbocycles. The first kappa shape index (κ1) is 16.6. The van der Waals surface area contributed by atoms with Crippen LogP contribution in [0.4, 0.5) is 0 Å². The Morgan fingerprint density at radius 1 is 1.21 bits per heavy atom. The summed E-state index contributed by atoms with van der Waals surface area (Å²) in [6, 6.07) is 5.60. The van der Waals surface area contributed by atoms with Crippen LogP contribution in [0.15, 0.2) is 27.6 Å². The van der Waals surface area contributed by atoms with Gasteiger partial charge in [-0.1, -0.05) is 26.7 Å². The topological polar surface area (TPSA) is 20.3 Å². The van der Waals surface area contributed by atoms with E-state index in [1.54, 1.807) is 0 Å². The van der Waals surface area contributed by atoms with E-state index in [-0.39, 0.29) is 5.91 Å². The van der Waals surface area contributed by atoms with Crippen molar-refractivity contribution in [1.29, 1.82) is 0 Å². The molecule has 1 rings (SSSR count). The molecule has 0 heterocycles. The molecule has 0 fully saturated rings. The van der Waals surface area contributed by atoms with Crippen LogP contribution in [0.5, 0.6) is 0 Å². The molecule has 0 aliphatic heterocycles. The molecule has 0 aliphatic rings. The second-order valence-corrected chi connectivity index (χ2v) is 6.03. The van der Waals surface area contributed by atoms with Gasteiger partial charge in [0.25, 0.3) is 5.91 Å². The number of hydrogen-bond acceptors (Lipinski definition) is 2. The van der Waals surface area contributed by atoms with E-state index in [1.807, 2.05) is 23.1 Å². The molecule has 0 atom stereocenters. The second-order valence-electron chi connectivity index (χ2n) is 4.66. The smallest absolute Gasteiger partial charge is 0.255 e. The minimum Gasteiger partial charge on any atom is -0.339 e. The number of nitrogens with zero attached hydrogens (tertiary/aromatic N) is 1. The molecule has 0 unspecified atom stereocenters. The summed E-state index contributed by atoms with van der Waals surface area (Å²) in [6.45, 7) is 5.95. The molecule has 1 aromatic rings. The highest BCUT2D eigenvalue weighted by Gasteiger charge is 2.17. The van der Waals surface area contributed by atoms with Crippen molar-refractivity contribution >= 4 is 34.5 Å². The Balaban J connectivity index is 2.87. The third kappa shape index (κ3) is 5.19. The minimum atomic E-state index is 0.102. The largest absolute Gasteiger partial charge is 0.339 e. The normalized spacial score (nSPS) is 10.5. The third-order valence-corrected chi connectivity index (χ3v) is 4.00. The van der Waals surface area contributed by atoms with Crippen LogP contribution >= 0.6 is 28.6 Å². The first-order chi connectivity index (χ1) is 9.10. The molecule has 1 amide bonds. The van der Waals surface area contributed by atoms with Gasteiger partial charge in [0, 0.05) is 22.5 Å². The highest BCUT2D eigenvalue weighted by molar-refractivity contribution is 9.10. The molecule has 0 saturated carbocycles. The summed E-state index contributed by atoms with van der Waals surface area (Å²) in [6.07, 6.45) is 4.30. The number of benzene rings is 1. The van der Waals surface area contributed by atoms with Gasteiger partial charge in [-0.25, -0.2) is 0 Å². The maximum absolute atomic E-state index is 12.6. The fourth-order valence-corrected chi connectivity index (χ4v) is 2.48. The molecule has 0 radical (unpaired) electrons. The van der Waals surface area contributed by atoms with E-state index >= 15 is 0 Å². The van der Waals surface area contributed by atoms with E-state index in [0.29, 0.717) is 5.56 Å². The van der Waals surface area contributed by atoms with Gasteiger partial charge in [-0.2, -0.15) is 0 Å². The lowest BCUT2D eigenvalue weighted by Gasteiger charge is -2.23. The van der Waals surface area contributed by atoms with Crippen molar-refractivity contribution in [2.75, 3.05) is 13.1 Å². The van der Waals surface area contributed by atoms with Crippen molar-refractivity contribution in [2.24, 2.45) is 0 Å². The van der Waals surface area contributed by atoms with E-state index in [9.17, 15) is 4.79 Å². The standard InChI is InChI=1S/C15H22BrNOS/c1-3-5-9-17(10-6-4-2)15(18)13-11-12(19)7-8-14(13)16/h7-8,11,19H,3-6,9-10H2,1-2H3. The Kier molecular flexibility index (Phi) is 7.54. The number of unbranched alkanes of at least 4 members (excludes halogenated alkanes) is 2. The van der Waals surface area contributed by atoms with Crippen LogP contribution < -0.4 is 0 Å². The lowest BCUT2D eigenvalue weighted by Crippen LogP contribution is -2.33. The van der Waals surface area contributed by atoms with Crippen molar-refractivity contribution < 1.29 is 4.79 Å². The SMILES string of the molecule is CCCCN(CCCC)C(=O)c1cc(S)ccc1Br. The van der Waals surface area contributed by atoms with Crippen molar-refractivity contribution in [3.8, 4) is 0 Å². The number of halogens is 1.